The van der Waals surface area contributed by atoms with Gasteiger partial charge in [0.15, 0.2) is 0 Å². The number of benzene rings is 1. The number of aromatic nitrogens is 2. The van der Waals surface area contributed by atoms with Crippen LogP contribution in [0.15, 0.2) is 36.7 Å². The summed E-state index contributed by atoms with van der Waals surface area (Å²) in [5, 5.41) is 3.30. The molecule has 132 valence electrons. The Morgan fingerprint density at radius 2 is 2.16 bits per heavy atom. The summed E-state index contributed by atoms with van der Waals surface area (Å²) in [4.78, 5) is 9.27. The van der Waals surface area contributed by atoms with Gasteiger partial charge in [-0.05, 0) is 30.5 Å². The second-order valence-corrected chi connectivity index (χ2v) is 6.39. The first-order valence-corrected chi connectivity index (χ1v) is 8.80. The molecule has 0 atom stereocenters. The third kappa shape index (κ3) is 4.43. The van der Waals surface area contributed by atoms with Gasteiger partial charge in [0.05, 0.1) is 5.70 Å². The number of anilines is 1. The number of nitrogens with zero attached hydrogens (tertiary/aromatic N) is 2. The Balaban J connectivity index is 1.64. The van der Waals surface area contributed by atoms with E-state index in [1.54, 1.807) is 18.5 Å². The molecule has 1 aromatic carbocycles. The molecule has 0 unspecified atom stereocenters. The Labute approximate surface area is 151 Å². The lowest BCUT2D eigenvalue weighted by Gasteiger charge is -2.29. The van der Waals surface area contributed by atoms with E-state index in [2.05, 4.69) is 20.2 Å². The lowest BCUT2D eigenvalue weighted by Crippen LogP contribution is -2.43. The standard InChI is InChI=1S/C18H22FN5S/c19-15-12-14(24-10-8-21-9-11-24)5-4-13(15)2-1-3-16(20)17-18(25)23-7-6-22-17/h3-7,12,21H,1-2,8-11,20H2,(H,23,25)/b16-3-. The zero-order valence-electron chi connectivity index (χ0n) is 14.0. The Morgan fingerprint density at radius 1 is 1.36 bits per heavy atom. The van der Waals surface area contributed by atoms with Gasteiger partial charge in [0.25, 0.3) is 0 Å². The lowest BCUT2D eigenvalue weighted by molar-refractivity contribution is 0.581. The van der Waals surface area contributed by atoms with Crippen LogP contribution in [0.4, 0.5) is 10.1 Å². The fraction of sp³-hybridized carbons (Fsp3) is 0.333. The molecular weight excluding hydrogens is 337 g/mol. The van der Waals surface area contributed by atoms with E-state index in [-0.39, 0.29) is 5.82 Å². The number of hydrogen-bond donors (Lipinski definition) is 3. The predicted octanol–water partition coefficient (Wildman–Crippen LogP) is 2.62. The van der Waals surface area contributed by atoms with Crippen molar-refractivity contribution in [1.82, 2.24) is 15.3 Å². The fourth-order valence-corrected chi connectivity index (χ4v) is 3.13. The lowest BCUT2D eigenvalue weighted by atomic mass is 10.1. The van der Waals surface area contributed by atoms with Crippen LogP contribution in [0.3, 0.4) is 0 Å². The first kappa shape index (κ1) is 17.6. The monoisotopic (exact) mass is 359 g/mol. The van der Waals surface area contributed by atoms with Crippen molar-refractivity contribution in [3.8, 4) is 0 Å². The number of allylic oxidation sites excluding steroid dienone is 1. The minimum Gasteiger partial charge on any atom is -0.397 e. The predicted molar refractivity (Wildman–Crippen MR) is 101 cm³/mol. The van der Waals surface area contributed by atoms with E-state index in [0.29, 0.717) is 34.4 Å². The van der Waals surface area contributed by atoms with Gasteiger partial charge in [0.2, 0.25) is 0 Å². The third-order valence-corrected chi connectivity index (χ3v) is 4.59. The van der Waals surface area contributed by atoms with E-state index in [1.807, 2.05) is 18.2 Å². The summed E-state index contributed by atoms with van der Waals surface area (Å²) < 4.78 is 14.9. The number of hydrogen-bond acceptors (Lipinski definition) is 5. The molecule has 0 amide bonds. The van der Waals surface area contributed by atoms with Crippen LogP contribution >= 0.6 is 12.2 Å². The van der Waals surface area contributed by atoms with Gasteiger partial charge in [-0.3, -0.25) is 4.98 Å². The molecule has 2 heterocycles. The van der Waals surface area contributed by atoms with E-state index < -0.39 is 0 Å². The molecule has 25 heavy (non-hydrogen) atoms. The third-order valence-electron chi connectivity index (χ3n) is 4.28. The maximum atomic E-state index is 14.4. The summed E-state index contributed by atoms with van der Waals surface area (Å²) in [6.07, 6.45) is 6.32. The second kappa shape index (κ2) is 8.22. The van der Waals surface area contributed by atoms with Gasteiger partial charge in [0.1, 0.15) is 16.2 Å². The van der Waals surface area contributed by atoms with Crippen molar-refractivity contribution in [2.75, 3.05) is 31.1 Å². The molecule has 1 fully saturated rings. The number of nitrogens with two attached hydrogens (primary N) is 1. The summed E-state index contributed by atoms with van der Waals surface area (Å²) in [5.74, 6) is -0.168. The van der Waals surface area contributed by atoms with E-state index in [9.17, 15) is 4.39 Å². The molecule has 4 N–H and O–H groups in total. The average molecular weight is 359 g/mol. The molecule has 5 nitrogen and oxygen atoms in total. The maximum absolute atomic E-state index is 14.4. The summed E-state index contributed by atoms with van der Waals surface area (Å²) in [5.41, 5.74) is 8.73. The van der Waals surface area contributed by atoms with E-state index in [4.69, 9.17) is 18.0 Å². The first-order valence-electron chi connectivity index (χ1n) is 8.39. The first-order chi connectivity index (χ1) is 12.1. The van der Waals surface area contributed by atoms with Crippen LogP contribution in [0.25, 0.3) is 5.70 Å². The number of aryl methyl sites for hydroxylation is 1. The van der Waals surface area contributed by atoms with Crippen molar-refractivity contribution < 1.29 is 4.39 Å². The Hall–Kier alpha value is -2.25. The molecule has 1 aromatic heterocycles. The molecular formula is C18H22FN5S. The Kier molecular flexibility index (Phi) is 5.78. The number of rotatable bonds is 5. The summed E-state index contributed by atoms with van der Waals surface area (Å²) in [6.45, 7) is 3.68. The van der Waals surface area contributed by atoms with Crippen molar-refractivity contribution in [1.29, 1.82) is 0 Å². The zero-order valence-corrected chi connectivity index (χ0v) is 14.8. The molecule has 0 saturated carbocycles. The van der Waals surface area contributed by atoms with Crippen LogP contribution in [-0.2, 0) is 6.42 Å². The van der Waals surface area contributed by atoms with Crippen LogP contribution in [-0.4, -0.2) is 36.1 Å². The maximum Gasteiger partial charge on any atom is 0.131 e. The zero-order chi connectivity index (χ0) is 17.6. The summed E-state index contributed by atoms with van der Waals surface area (Å²) >= 11 is 5.16. The minimum atomic E-state index is -0.168. The van der Waals surface area contributed by atoms with Gasteiger partial charge in [-0.25, -0.2) is 4.39 Å². The van der Waals surface area contributed by atoms with Crippen molar-refractivity contribution in [2.24, 2.45) is 5.73 Å². The van der Waals surface area contributed by atoms with Crippen LogP contribution in [0.2, 0.25) is 0 Å². The molecule has 7 heteroatoms. The number of nitrogens with one attached hydrogen (secondary N) is 2. The smallest absolute Gasteiger partial charge is 0.131 e. The normalized spacial score (nSPS) is 15.4. The Morgan fingerprint density at radius 3 is 2.88 bits per heavy atom. The van der Waals surface area contributed by atoms with Gasteiger partial charge in [-0.2, -0.15) is 0 Å². The number of H-pyrrole nitrogens is 1. The van der Waals surface area contributed by atoms with Crippen molar-refractivity contribution in [3.05, 3.63) is 58.4 Å². The highest BCUT2D eigenvalue weighted by molar-refractivity contribution is 7.71. The topological polar surface area (TPSA) is 70.0 Å². The van der Waals surface area contributed by atoms with Crippen LogP contribution in [0.5, 0.6) is 0 Å². The SMILES string of the molecule is N/C(=C\CCc1ccc(N2CCNCC2)cc1F)c1ncc[nH]c1=S. The quantitative estimate of drug-likeness (QED) is 0.716. The highest BCUT2D eigenvalue weighted by atomic mass is 32.1. The molecule has 0 radical (unpaired) electrons. The molecule has 1 saturated heterocycles. The summed E-state index contributed by atoms with van der Waals surface area (Å²) in [6, 6.07) is 5.48. The van der Waals surface area contributed by atoms with Crippen LogP contribution < -0.4 is 16.0 Å². The molecule has 2 aromatic rings. The highest BCUT2D eigenvalue weighted by Gasteiger charge is 2.12. The fourth-order valence-electron chi connectivity index (χ4n) is 2.90. The molecule has 3 rings (SSSR count). The van der Waals surface area contributed by atoms with Gasteiger partial charge < -0.3 is 20.9 Å². The second-order valence-electron chi connectivity index (χ2n) is 5.98. The van der Waals surface area contributed by atoms with Gasteiger partial charge in [-0.15, -0.1) is 0 Å². The number of halogens is 1. The van der Waals surface area contributed by atoms with Crippen molar-refractivity contribution in [2.45, 2.75) is 12.8 Å². The molecule has 0 spiro atoms. The molecule has 0 bridgehead atoms. The van der Waals surface area contributed by atoms with Gasteiger partial charge >= 0.3 is 0 Å². The molecule has 1 aliphatic rings. The van der Waals surface area contributed by atoms with Crippen LogP contribution in [0.1, 0.15) is 17.7 Å². The van der Waals surface area contributed by atoms with Crippen LogP contribution in [0, 0.1) is 10.5 Å². The largest absolute Gasteiger partial charge is 0.397 e. The molecule has 0 aliphatic carbocycles. The van der Waals surface area contributed by atoms with E-state index in [0.717, 1.165) is 31.9 Å². The van der Waals surface area contributed by atoms with Gasteiger partial charge in [0, 0.05) is 44.3 Å². The van der Waals surface area contributed by atoms with Gasteiger partial charge in [-0.1, -0.05) is 24.4 Å². The molecule has 1 aliphatic heterocycles. The van der Waals surface area contributed by atoms with Crippen molar-refractivity contribution in [3.63, 3.8) is 0 Å². The number of piperazine rings is 1. The Bertz CT molecular complexity index is 811. The summed E-state index contributed by atoms with van der Waals surface area (Å²) in [7, 11) is 0. The highest BCUT2D eigenvalue weighted by Crippen LogP contribution is 2.20. The minimum absolute atomic E-state index is 0.168. The van der Waals surface area contributed by atoms with Crippen molar-refractivity contribution >= 4 is 23.6 Å². The van der Waals surface area contributed by atoms with E-state index >= 15 is 0 Å². The average Bonchev–Trinajstić information content (AvgIpc) is 2.64. The number of aromatic amines is 1. The van der Waals surface area contributed by atoms with E-state index in [1.165, 1.54) is 0 Å².